The predicted octanol–water partition coefficient (Wildman–Crippen LogP) is -0.435. The molecule has 1 saturated heterocycles. The minimum absolute atomic E-state index is 0.0677. The molecule has 5 nitrogen and oxygen atoms in total. The first kappa shape index (κ1) is 12.3. The summed E-state index contributed by atoms with van der Waals surface area (Å²) in [5, 5.41) is 13.9. The summed E-state index contributed by atoms with van der Waals surface area (Å²) in [6.07, 6.45) is 1.29. The minimum atomic E-state index is -1.08. The van der Waals surface area contributed by atoms with Gasteiger partial charge in [-0.15, -0.1) is 0 Å². The van der Waals surface area contributed by atoms with E-state index in [1.165, 1.54) is 0 Å². The molecule has 0 aromatic carbocycles. The van der Waals surface area contributed by atoms with Crippen molar-refractivity contribution in [2.45, 2.75) is 24.9 Å². The lowest BCUT2D eigenvalue weighted by Gasteiger charge is -2.15. The third-order valence-electron chi connectivity index (χ3n) is 2.11. The van der Waals surface area contributed by atoms with Gasteiger partial charge in [-0.1, -0.05) is 12.2 Å². The molecule has 0 unspecified atom stereocenters. The zero-order valence-electron chi connectivity index (χ0n) is 7.90. The highest BCUT2D eigenvalue weighted by Gasteiger charge is 2.28. The zero-order chi connectivity index (χ0) is 11.4. The summed E-state index contributed by atoms with van der Waals surface area (Å²) in [5.74, 6) is -1.35. The second-order valence-corrected chi connectivity index (χ2v) is 4.10. The Morgan fingerprint density at radius 3 is 2.80 bits per heavy atom. The Bertz CT molecular complexity index is 296. The van der Waals surface area contributed by atoms with Crippen molar-refractivity contribution in [2.75, 3.05) is 5.75 Å². The molecule has 1 amide bonds. The Morgan fingerprint density at radius 2 is 2.40 bits per heavy atom. The van der Waals surface area contributed by atoms with Gasteiger partial charge in [0, 0.05) is 12.2 Å². The summed E-state index contributed by atoms with van der Waals surface area (Å²) in [6.45, 7) is 0. The Balaban J connectivity index is 2.47. The second kappa shape index (κ2) is 5.32. The highest BCUT2D eigenvalue weighted by molar-refractivity contribution is 7.80. The number of carboxylic acids is 1. The lowest BCUT2D eigenvalue weighted by atomic mass is 10.2. The number of thiol groups is 1. The van der Waals surface area contributed by atoms with E-state index in [1.54, 1.807) is 0 Å². The van der Waals surface area contributed by atoms with E-state index >= 15 is 0 Å². The van der Waals surface area contributed by atoms with Crippen molar-refractivity contribution in [1.29, 1.82) is 0 Å². The van der Waals surface area contributed by atoms with Crippen molar-refractivity contribution < 1.29 is 14.7 Å². The molecule has 7 heteroatoms. The number of nitrogens with one attached hydrogen (secondary N) is 2. The summed E-state index contributed by atoms with van der Waals surface area (Å²) >= 11 is 8.73. The zero-order valence-corrected chi connectivity index (χ0v) is 9.61. The number of carbonyl (C=O) groups is 2. The van der Waals surface area contributed by atoms with Crippen molar-refractivity contribution in [1.82, 2.24) is 10.6 Å². The van der Waals surface area contributed by atoms with Crippen molar-refractivity contribution in [3.63, 3.8) is 0 Å². The molecule has 3 N–H and O–H groups in total. The maximum atomic E-state index is 11.5. The maximum absolute atomic E-state index is 11.5. The summed E-state index contributed by atoms with van der Waals surface area (Å²) < 4.78 is 0. The summed E-state index contributed by atoms with van der Waals surface area (Å²) in [6, 6.07) is -1.35. The number of aliphatic carboxylic acids is 1. The van der Waals surface area contributed by atoms with Gasteiger partial charge in [-0.2, -0.15) is 12.6 Å². The molecule has 0 aliphatic carbocycles. The number of thiocarbonyl (C=S) groups is 1. The molecule has 0 aromatic heterocycles. The third-order valence-corrected chi connectivity index (χ3v) is 2.80. The summed E-state index contributed by atoms with van der Waals surface area (Å²) in [4.78, 5) is 22.8. The fourth-order valence-corrected chi connectivity index (χ4v) is 1.78. The Hall–Kier alpha value is -0.820. The van der Waals surface area contributed by atoms with Crippen LogP contribution < -0.4 is 10.6 Å². The predicted molar refractivity (Wildman–Crippen MR) is 62.2 cm³/mol. The van der Waals surface area contributed by atoms with Gasteiger partial charge in [-0.25, -0.2) is 4.79 Å². The van der Waals surface area contributed by atoms with Gasteiger partial charge in [0.05, 0.1) is 4.99 Å². The molecule has 0 bridgehead atoms. The minimum Gasteiger partial charge on any atom is -0.480 e. The normalized spacial score (nSPS) is 21.9. The average molecular weight is 248 g/mol. The van der Waals surface area contributed by atoms with Crippen LogP contribution in [0.25, 0.3) is 0 Å². The molecule has 0 spiro atoms. The molecule has 1 aliphatic heterocycles. The SMILES string of the molecule is O=C(O)[C@H](CS)NC(=O)[C@H]1CCC(=S)N1. The van der Waals surface area contributed by atoms with Gasteiger partial charge < -0.3 is 15.7 Å². The molecule has 1 heterocycles. The maximum Gasteiger partial charge on any atom is 0.327 e. The first-order valence-electron chi connectivity index (χ1n) is 4.48. The third kappa shape index (κ3) is 3.35. The number of hydrogen-bond acceptors (Lipinski definition) is 4. The lowest BCUT2D eigenvalue weighted by molar-refractivity contribution is -0.141. The van der Waals surface area contributed by atoms with Gasteiger partial charge in [-0.3, -0.25) is 4.79 Å². The van der Waals surface area contributed by atoms with E-state index in [4.69, 9.17) is 17.3 Å². The van der Waals surface area contributed by atoms with Crippen LogP contribution in [0.15, 0.2) is 0 Å². The fraction of sp³-hybridized carbons (Fsp3) is 0.625. The van der Waals surface area contributed by atoms with Crippen molar-refractivity contribution in [2.24, 2.45) is 0 Å². The van der Waals surface area contributed by atoms with Gasteiger partial charge in [-0.05, 0) is 6.42 Å². The topological polar surface area (TPSA) is 78.4 Å². The molecule has 1 rings (SSSR count). The fourth-order valence-electron chi connectivity index (χ4n) is 1.27. The lowest BCUT2D eigenvalue weighted by Crippen LogP contribution is -2.49. The van der Waals surface area contributed by atoms with Crippen molar-refractivity contribution in [3.05, 3.63) is 0 Å². The molecule has 15 heavy (non-hydrogen) atoms. The molecule has 0 aromatic rings. The average Bonchev–Trinajstić information content (AvgIpc) is 2.60. The molecule has 0 saturated carbocycles. The van der Waals surface area contributed by atoms with Crippen molar-refractivity contribution in [3.8, 4) is 0 Å². The number of hydrogen-bond donors (Lipinski definition) is 4. The summed E-state index contributed by atoms with van der Waals surface area (Å²) in [5.41, 5.74) is 0. The second-order valence-electron chi connectivity index (χ2n) is 3.24. The van der Waals surface area contributed by atoms with E-state index in [2.05, 4.69) is 23.3 Å². The monoisotopic (exact) mass is 248 g/mol. The first-order chi connectivity index (χ1) is 7.04. The first-order valence-corrected chi connectivity index (χ1v) is 5.52. The standard InChI is InChI=1S/C8H12N2O3S2/c11-7(4-1-2-6(15)9-4)10-5(3-14)8(12)13/h4-5,14H,1-3H2,(H,9,15)(H,10,11)(H,12,13)/t4-,5+/m1/s1. The Kier molecular flexibility index (Phi) is 4.34. The van der Waals surface area contributed by atoms with Crippen LogP contribution >= 0.6 is 24.8 Å². The van der Waals surface area contributed by atoms with E-state index in [1.807, 2.05) is 0 Å². The highest BCUT2D eigenvalue weighted by atomic mass is 32.1. The van der Waals surface area contributed by atoms with Crippen LogP contribution in [0.4, 0.5) is 0 Å². The highest BCUT2D eigenvalue weighted by Crippen LogP contribution is 2.08. The number of carbonyl (C=O) groups excluding carboxylic acids is 1. The van der Waals surface area contributed by atoms with Crippen LogP contribution in [-0.2, 0) is 9.59 Å². The van der Waals surface area contributed by atoms with Crippen LogP contribution in [0, 0.1) is 0 Å². The number of rotatable bonds is 4. The van der Waals surface area contributed by atoms with E-state index in [9.17, 15) is 9.59 Å². The molecule has 1 fully saturated rings. The molecule has 0 radical (unpaired) electrons. The summed E-state index contributed by atoms with van der Waals surface area (Å²) in [7, 11) is 0. The van der Waals surface area contributed by atoms with Crippen LogP contribution in [0.3, 0.4) is 0 Å². The van der Waals surface area contributed by atoms with Crippen LogP contribution in [0.5, 0.6) is 0 Å². The Morgan fingerprint density at radius 1 is 1.73 bits per heavy atom. The number of carboxylic acid groups (broad SMARTS) is 1. The number of amides is 1. The molecular weight excluding hydrogens is 236 g/mol. The van der Waals surface area contributed by atoms with Gasteiger partial charge in [0.1, 0.15) is 12.1 Å². The van der Waals surface area contributed by atoms with Crippen LogP contribution in [0.2, 0.25) is 0 Å². The molecule has 1 aliphatic rings. The van der Waals surface area contributed by atoms with Gasteiger partial charge >= 0.3 is 5.97 Å². The molecule has 2 atom stereocenters. The van der Waals surface area contributed by atoms with Gasteiger partial charge in [0.15, 0.2) is 0 Å². The van der Waals surface area contributed by atoms with Crippen LogP contribution in [-0.4, -0.2) is 39.8 Å². The van der Waals surface area contributed by atoms with Gasteiger partial charge in [0.25, 0.3) is 0 Å². The largest absolute Gasteiger partial charge is 0.480 e. The van der Waals surface area contributed by atoms with E-state index in [-0.39, 0.29) is 11.7 Å². The Labute approximate surface area is 98.0 Å². The molecular formula is C8H12N2O3S2. The van der Waals surface area contributed by atoms with E-state index < -0.39 is 18.1 Å². The molecule has 84 valence electrons. The quantitative estimate of drug-likeness (QED) is 0.401. The van der Waals surface area contributed by atoms with E-state index in [0.717, 1.165) is 0 Å². The smallest absolute Gasteiger partial charge is 0.327 e. The van der Waals surface area contributed by atoms with Gasteiger partial charge in [0.2, 0.25) is 5.91 Å². The van der Waals surface area contributed by atoms with E-state index in [0.29, 0.717) is 17.8 Å². The van der Waals surface area contributed by atoms with Crippen molar-refractivity contribution >= 4 is 41.7 Å². The van der Waals surface area contributed by atoms with Crippen LogP contribution in [0.1, 0.15) is 12.8 Å².